The van der Waals surface area contributed by atoms with E-state index in [1.165, 1.54) is 6.42 Å². The second-order valence-corrected chi connectivity index (χ2v) is 19.4. The van der Waals surface area contributed by atoms with Gasteiger partial charge in [-0.3, -0.25) is 9.59 Å². The molecule has 67 heavy (non-hydrogen) atoms. The SMILES string of the molecule is CCn1c(-c2nc3cc(C(=O)N4C[C@@H]5CC[C@H]4[C@H]5Nc4ccc5cc(-c6nc7cc(C(=O)N8C[C@H]9CC%10C[C@@H]8[C@H]%109)cc(OC)c7n6C)n(CCF)c5n4)cc(OC)c3n2C)cc2cccnc21. The van der Waals surface area contributed by atoms with Crippen LogP contribution in [-0.2, 0) is 27.2 Å². The van der Waals surface area contributed by atoms with Crippen molar-refractivity contribution < 1.29 is 23.5 Å². The van der Waals surface area contributed by atoms with Crippen LogP contribution in [-0.4, -0.2) is 112 Å². The van der Waals surface area contributed by atoms with Gasteiger partial charge in [-0.25, -0.2) is 24.3 Å². The summed E-state index contributed by atoms with van der Waals surface area (Å²) in [6.07, 6.45) is 6.02. The van der Waals surface area contributed by atoms with Gasteiger partial charge in [0.2, 0.25) is 0 Å². The quantitative estimate of drug-likeness (QED) is 0.138. The molecule has 2 amide bonds. The van der Waals surface area contributed by atoms with E-state index >= 15 is 0 Å². The molecule has 0 spiro atoms. The number of fused-ring (bicyclic) bond motifs is 6. The van der Waals surface area contributed by atoms with Crippen molar-refractivity contribution in [1.29, 1.82) is 0 Å². The lowest BCUT2D eigenvalue weighted by Crippen LogP contribution is -2.53. The second kappa shape index (κ2) is 14.8. The predicted octanol–water partition coefficient (Wildman–Crippen LogP) is 7.70. The van der Waals surface area contributed by atoms with E-state index in [2.05, 4.69) is 38.8 Å². The summed E-state index contributed by atoms with van der Waals surface area (Å²) < 4.78 is 34.4. The molecule has 5 aliphatic rings. The Balaban J connectivity index is 0.784. The molecule has 16 heteroatoms. The fourth-order valence-corrected chi connectivity index (χ4v) is 13.1. The molecule has 342 valence electrons. The number of rotatable bonds is 11. The number of methoxy groups -OCH3 is 2. The molecule has 15 nitrogen and oxygen atoms in total. The summed E-state index contributed by atoms with van der Waals surface area (Å²) in [5.41, 5.74) is 7.23. The molecule has 1 unspecified atom stereocenters. The number of nitrogens with zero attached hydrogens (tertiary/aromatic N) is 10. The molecule has 0 radical (unpaired) electrons. The summed E-state index contributed by atoms with van der Waals surface area (Å²) in [7, 11) is 7.15. The normalized spacial score (nSPS) is 23.7. The first-order valence-electron chi connectivity index (χ1n) is 23.6. The average molecular weight is 902 g/mol. The van der Waals surface area contributed by atoms with Gasteiger partial charge >= 0.3 is 0 Å². The number of hydrogen-bond acceptors (Lipinski definition) is 9. The molecule has 2 aromatic carbocycles. The van der Waals surface area contributed by atoms with E-state index in [9.17, 15) is 14.0 Å². The minimum atomic E-state index is -0.594. The van der Waals surface area contributed by atoms with Gasteiger partial charge in [0, 0.05) is 67.9 Å². The van der Waals surface area contributed by atoms with E-state index in [1.807, 2.05) is 81.2 Å². The fraction of sp³-hybridized carbons (Fsp3) is 0.412. The van der Waals surface area contributed by atoms with Gasteiger partial charge in [0.15, 0.2) is 11.6 Å². The molecule has 2 bridgehead atoms. The number of likely N-dealkylation sites (tertiary alicyclic amines) is 2. The van der Waals surface area contributed by atoms with Crippen molar-refractivity contribution in [3.63, 3.8) is 0 Å². The third kappa shape index (κ3) is 5.73. The predicted molar refractivity (Wildman–Crippen MR) is 253 cm³/mol. The number of carbonyl (C=O) groups is 2. The van der Waals surface area contributed by atoms with Crippen LogP contribution in [0, 0.1) is 23.7 Å². The molecule has 7 atom stereocenters. The highest BCUT2D eigenvalue weighted by atomic mass is 19.1. The number of aromatic nitrogens is 8. The van der Waals surface area contributed by atoms with E-state index in [1.54, 1.807) is 20.4 Å². The Labute approximate surface area is 385 Å². The highest BCUT2D eigenvalue weighted by Gasteiger charge is 2.62. The standard InChI is InChI=1S/C51H52FN11O4/c1-6-60-37(19-26-8-7-14-53-46(26)60)48-54-33-17-30(22-39(66-4)44(33)58(48)2)50(64)62-24-28-9-11-35(62)43(28)56-41-12-10-27-20-38(61(15-13-52)47(27)57-41)49-55-34-18-31(23-40(67-5)45(34)59(49)3)51(65)63-25-32-16-29-21-36(63)42(29)32/h7-8,10,12,14,17-20,22-23,28-29,32,35-36,42-43H,6,9,11,13,15-16,21,24-25H2,1-5H3,(H,56,57)/t28-,29?,32+,35-,36+,42+,43-/m0/s1. The van der Waals surface area contributed by atoms with Gasteiger partial charge in [-0.2, -0.15) is 0 Å². The number of hydrogen-bond donors (Lipinski definition) is 1. The molecule has 1 N–H and O–H groups in total. The Morgan fingerprint density at radius 1 is 0.731 bits per heavy atom. The zero-order chi connectivity index (χ0) is 45.6. The van der Waals surface area contributed by atoms with Crippen LogP contribution in [0.2, 0.25) is 0 Å². The molecular weight excluding hydrogens is 850 g/mol. The molecule has 8 aromatic rings. The molecule has 6 aromatic heterocycles. The van der Waals surface area contributed by atoms with Crippen molar-refractivity contribution in [1.82, 2.24) is 48.0 Å². The number of carbonyl (C=O) groups excluding carboxylic acids is 2. The smallest absolute Gasteiger partial charge is 0.254 e. The summed E-state index contributed by atoms with van der Waals surface area (Å²) >= 11 is 0. The molecule has 2 saturated heterocycles. The third-order valence-electron chi connectivity index (χ3n) is 16.2. The summed E-state index contributed by atoms with van der Waals surface area (Å²) in [4.78, 5) is 52.5. The molecule has 3 saturated carbocycles. The van der Waals surface area contributed by atoms with Crippen LogP contribution >= 0.6 is 0 Å². The van der Waals surface area contributed by atoms with Crippen molar-refractivity contribution in [2.75, 3.05) is 39.3 Å². The van der Waals surface area contributed by atoms with Gasteiger partial charge in [0.1, 0.15) is 46.3 Å². The first-order valence-corrected chi connectivity index (χ1v) is 23.6. The number of aryl methyl sites for hydroxylation is 4. The zero-order valence-corrected chi connectivity index (χ0v) is 38.2. The van der Waals surface area contributed by atoms with Crippen LogP contribution in [0.4, 0.5) is 10.2 Å². The number of alkyl halides is 1. The molecule has 8 heterocycles. The number of benzene rings is 2. The number of piperidine rings is 1. The highest BCUT2D eigenvalue weighted by Crippen LogP contribution is 2.61. The molecule has 2 aliphatic heterocycles. The number of nitrogens with one attached hydrogen (secondary N) is 1. The van der Waals surface area contributed by atoms with Gasteiger partial charge in [-0.1, -0.05) is 0 Å². The lowest BCUT2D eigenvalue weighted by Gasteiger charge is -2.52. The summed E-state index contributed by atoms with van der Waals surface area (Å²) in [6.45, 7) is 3.76. The largest absolute Gasteiger partial charge is 0.494 e. The van der Waals surface area contributed by atoms with Crippen LogP contribution in [0.5, 0.6) is 11.5 Å². The van der Waals surface area contributed by atoms with Crippen LogP contribution in [0.25, 0.3) is 67.2 Å². The maximum atomic E-state index is 14.5. The van der Waals surface area contributed by atoms with Crippen molar-refractivity contribution in [2.45, 2.75) is 63.8 Å². The third-order valence-corrected chi connectivity index (χ3v) is 16.2. The van der Waals surface area contributed by atoms with Gasteiger partial charge < -0.3 is 42.9 Å². The van der Waals surface area contributed by atoms with Gasteiger partial charge in [-0.15, -0.1) is 0 Å². The van der Waals surface area contributed by atoms with Gasteiger partial charge in [-0.05, 0) is 117 Å². The summed E-state index contributed by atoms with van der Waals surface area (Å²) in [6, 6.07) is 19.8. The summed E-state index contributed by atoms with van der Waals surface area (Å²) in [5.74, 6) is 5.54. The van der Waals surface area contributed by atoms with Gasteiger partial charge in [0.25, 0.3) is 11.8 Å². The lowest BCUT2D eigenvalue weighted by molar-refractivity contribution is -0.0204. The Kier molecular flexibility index (Phi) is 8.88. The van der Waals surface area contributed by atoms with Crippen molar-refractivity contribution >= 4 is 61.8 Å². The lowest BCUT2D eigenvalue weighted by atomic mass is 9.53. The molecule has 3 aliphatic carbocycles. The number of ether oxygens (including phenoxy) is 2. The number of anilines is 1. The number of imidazole rings is 2. The Morgan fingerprint density at radius 3 is 2.00 bits per heavy atom. The van der Waals surface area contributed by atoms with Crippen LogP contribution in [0.1, 0.15) is 53.3 Å². The Hall–Kier alpha value is -6.97. The van der Waals surface area contributed by atoms with E-state index in [0.29, 0.717) is 75.4 Å². The first-order chi connectivity index (χ1) is 32.7. The van der Waals surface area contributed by atoms with E-state index in [0.717, 1.165) is 82.9 Å². The van der Waals surface area contributed by atoms with Crippen molar-refractivity contribution in [3.8, 4) is 34.5 Å². The van der Waals surface area contributed by atoms with Crippen LogP contribution in [0.3, 0.4) is 0 Å². The number of pyridine rings is 2. The average Bonchev–Trinajstić information content (AvgIpc) is 4.20. The van der Waals surface area contributed by atoms with Crippen molar-refractivity contribution in [3.05, 3.63) is 78.0 Å². The van der Waals surface area contributed by atoms with Crippen molar-refractivity contribution in [2.24, 2.45) is 37.8 Å². The van der Waals surface area contributed by atoms with E-state index < -0.39 is 6.67 Å². The number of amides is 2. The highest BCUT2D eigenvalue weighted by molar-refractivity contribution is 6.02. The number of halogens is 1. The van der Waals surface area contributed by atoms with Crippen LogP contribution in [0.15, 0.2) is 66.9 Å². The van der Waals surface area contributed by atoms with Crippen LogP contribution < -0.4 is 14.8 Å². The minimum absolute atomic E-state index is 0.0136. The minimum Gasteiger partial charge on any atom is -0.494 e. The first kappa shape index (κ1) is 40.3. The fourth-order valence-electron chi connectivity index (χ4n) is 13.1. The molecular formula is C51H52FN11O4. The Bertz CT molecular complexity index is 3390. The van der Waals surface area contributed by atoms with E-state index in [4.69, 9.17) is 24.4 Å². The molecule has 5 fully saturated rings. The monoisotopic (exact) mass is 901 g/mol. The topological polar surface area (TPSA) is 142 Å². The maximum Gasteiger partial charge on any atom is 0.254 e. The Morgan fingerprint density at radius 2 is 1.37 bits per heavy atom. The van der Waals surface area contributed by atoms with Gasteiger partial charge in [0.05, 0.1) is 55.3 Å². The summed E-state index contributed by atoms with van der Waals surface area (Å²) in [5, 5.41) is 5.62. The second-order valence-electron chi connectivity index (χ2n) is 19.4. The zero-order valence-electron chi connectivity index (χ0n) is 38.2. The molecule has 13 rings (SSSR count). The maximum absolute atomic E-state index is 14.5. The van der Waals surface area contributed by atoms with E-state index in [-0.39, 0.29) is 36.4 Å².